The lowest BCUT2D eigenvalue weighted by atomic mass is 10.1. The SMILES string of the molecule is CCC(CC(Br)C(=O)O)N=[N+]=[N-]. The van der Waals surface area contributed by atoms with Gasteiger partial charge in [-0.05, 0) is 18.4 Å². The van der Waals surface area contributed by atoms with Crippen LogP contribution in [0.5, 0.6) is 0 Å². The number of hydrogen-bond acceptors (Lipinski definition) is 2. The molecule has 0 amide bonds. The summed E-state index contributed by atoms with van der Waals surface area (Å²) < 4.78 is 0. The molecule has 0 saturated heterocycles. The van der Waals surface area contributed by atoms with Crippen LogP contribution in [0.1, 0.15) is 19.8 Å². The van der Waals surface area contributed by atoms with Crippen LogP contribution in [-0.4, -0.2) is 21.9 Å². The van der Waals surface area contributed by atoms with E-state index in [1.54, 1.807) is 0 Å². The lowest BCUT2D eigenvalue weighted by Crippen LogP contribution is -2.18. The third-order valence-electron chi connectivity index (χ3n) is 1.43. The highest BCUT2D eigenvalue weighted by Gasteiger charge is 2.17. The molecule has 0 spiro atoms. The van der Waals surface area contributed by atoms with Gasteiger partial charge in [-0.15, -0.1) is 0 Å². The summed E-state index contributed by atoms with van der Waals surface area (Å²) in [5.74, 6) is -0.929. The number of alkyl halides is 1. The van der Waals surface area contributed by atoms with Crippen LogP contribution >= 0.6 is 15.9 Å². The Bertz CT molecular complexity index is 203. The van der Waals surface area contributed by atoms with Crippen LogP contribution < -0.4 is 0 Å². The van der Waals surface area contributed by atoms with Crippen LogP contribution in [0.2, 0.25) is 0 Å². The first-order chi connectivity index (χ1) is 5.61. The Balaban J connectivity index is 4.01. The van der Waals surface area contributed by atoms with Crippen molar-refractivity contribution < 1.29 is 9.90 Å². The third kappa shape index (κ3) is 4.20. The first-order valence-electron chi connectivity index (χ1n) is 3.52. The molecule has 0 aromatic heterocycles. The highest BCUT2D eigenvalue weighted by atomic mass is 79.9. The number of azide groups is 1. The van der Waals surface area contributed by atoms with E-state index >= 15 is 0 Å². The molecule has 1 N–H and O–H groups in total. The molecule has 0 heterocycles. The van der Waals surface area contributed by atoms with Crippen molar-refractivity contribution in [1.82, 2.24) is 0 Å². The van der Waals surface area contributed by atoms with Gasteiger partial charge in [0.2, 0.25) is 0 Å². The van der Waals surface area contributed by atoms with Gasteiger partial charge in [0, 0.05) is 11.0 Å². The van der Waals surface area contributed by atoms with Gasteiger partial charge in [-0.25, -0.2) is 0 Å². The highest BCUT2D eigenvalue weighted by Crippen LogP contribution is 2.13. The lowest BCUT2D eigenvalue weighted by Gasteiger charge is -2.09. The van der Waals surface area contributed by atoms with Gasteiger partial charge < -0.3 is 5.11 Å². The van der Waals surface area contributed by atoms with Gasteiger partial charge in [0.15, 0.2) is 0 Å². The van der Waals surface area contributed by atoms with Crippen molar-refractivity contribution in [1.29, 1.82) is 0 Å². The van der Waals surface area contributed by atoms with Gasteiger partial charge in [-0.2, -0.15) is 0 Å². The van der Waals surface area contributed by atoms with Crippen LogP contribution in [0, 0.1) is 0 Å². The van der Waals surface area contributed by atoms with Gasteiger partial charge in [0.1, 0.15) is 4.83 Å². The van der Waals surface area contributed by atoms with Crippen LogP contribution in [0.3, 0.4) is 0 Å². The maximum atomic E-state index is 10.4. The minimum Gasteiger partial charge on any atom is -0.480 e. The molecule has 2 unspecified atom stereocenters. The molecule has 68 valence electrons. The van der Waals surface area contributed by atoms with Crippen molar-refractivity contribution >= 4 is 21.9 Å². The molecule has 0 aromatic rings. The van der Waals surface area contributed by atoms with Crippen LogP contribution in [0.4, 0.5) is 0 Å². The average molecular weight is 236 g/mol. The second-order valence-electron chi connectivity index (χ2n) is 2.31. The van der Waals surface area contributed by atoms with Crippen LogP contribution in [0.15, 0.2) is 5.11 Å². The summed E-state index contributed by atoms with van der Waals surface area (Å²) in [5.41, 5.74) is 8.11. The van der Waals surface area contributed by atoms with Crippen molar-refractivity contribution in [2.75, 3.05) is 0 Å². The predicted molar refractivity (Wildman–Crippen MR) is 48.2 cm³/mol. The zero-order valence-corrected chi connectivity index (χ0v) is 8.23. The van der Waals surface area contributed by atoms with Gasteiger partial charge in [-0.1, -0.05) is 28.0 Å². The second-order valence-corrected chi connectivity index (χ2v) is 3.41. The Morgan fingerprint density at radius 3 is 2.75 bits per heavy atom. The molecule has 0 aliphatic carbocycles. The van der Waals surface area contributed by atoms with Crippen molar-refractivity contribution in [3.05, 3.63) is 10.4 Å². The number of carboxylic acids is 1. The van der Waals surface area contributed by atoms with E-state index in [-0.39, 0.29) is 6.04 Å². The molecule has 0 fully saturated rings. The van der Waals surface area contributed by atoms with Crippen LogP contribution in [0.25, 0.3) is 10.4 Å². The molecular weight excluding hydrogens is 226 g/mol. The van der Waals surface area contributed by atoms with Gasteiger partial charge >= 0.3 is 5.97 Å². The van der Waals surface area contributed by atoms with Crippen molar-refractivity contribution in [3.8, 4) is 0 Å². The molecule has 5 nitrogen and oxygen atoms in total. The zero-order chi connectivity index (χ0) is 9.56. The molecule has 0 radical (unpaired) electrons. The fourth-order valence-electron chi connectivity index (χ4n) is 0.708. The zero-order valence-electron chi connectivity index (χ0n) is 6.64. The van der Waals surface area contributed by atoms with Crippen LogP contribution in [-0.2, 0) is 4.79 Å². The standard InChI is InChI=1S/C6H10BrN3O2/c1-2-4(9-10-8)3-5(7)6(11)12/h4-5H,2-3H2,1H3,(H,11,12). The molecule has 0 rings (SSSR count). The summed E-state index contributed by atoms with van der Waals surface area (Å²) in [6, 6.07) is -0.240. The lowest BCUT2D eigenvalue weighted by molar-refractivity contribution is -0.136. The molecule has 12 heavy (non-hydrogen) atoms. The fourth-order valence-corrected chi connectivity index (χ4v) is 1.14. The van der Waals surface area contributed by atoms with E-state index < -0.39 is 10.8 Å². The molecule has 0 aliphatic rings. The quantitative estimate of drug-likeness (QED) is 0.343. The molecular formula is C6H10BrN3O2. The fraction of sp³-hybridized carbons (Fsp3) is 0.833. The number of hydrogen-bond donors (Lipinski definition) is 1. The Hall–Kier alpha value is -0.740. The molecule has 2 atom stereocenters. The van der Waals surface area contributed by atoms with Gasteiger partial charge in [0.25, 0.3) is 0 Å². The number of nitrogens with zero attached hydrogens (tertiary/aromatic N) is 3. The minimum absolute atomic E-state index is 0.240. The summed E-state index contributed by atoms with van der Waals surface area (Å²) in [5, 5.41) is 12.0. The summed E-state index contributed by atoms with van der Waals surface area (Å²) in [6.07, 6.45) is 0.981. The summed E-state index contributed by atoms with van der Waals surface area (Å²) in [7, 11) is 0. The Morgan fingerprint density at radius 1 is 1.83 bits per heavy atom. The first-order valence-corrected chi connectivity index (χ1v) is 4.44. The molecule has 0 aromatic carbocycles. The normalized spacial score (nSPS) is 14.5. The van der Waals surface area contributed by atoms with E-state index in [0.29, 0.717) is 12.8 Å². The molecule has 6 heteroatoms. The third-order valence-corrected chi connectivity index (χ3v) is 2.20. The number of rotatable bonds is 5. The van der Waals surface area contributed by atoms with E-state index in [1.165, 1.54) is 0 Å². The van der Waals surface area contributed by atoms with Crippen molar-refractivity contribution in [2.45, 2.75) is 30.6 Å². The number of aliphatic carboxylic acids is 1. The van der Waals surface area contributed by atoms with E-state index in [1.807, 2.05) is 6.92 Å². The topological polar surface area (TPSA) is 86.1 Å². The van der Waals surface area contributed by atoms with E-state index in [9.17, 15) is 4.79 Å². The minimum atomic E-state index is -0.929. The molecule has 0 aliphatic heterocycles. The van der Waals surface area contributed by atoms with E-state index in [2.05, 4.69) is 26.0 Å². The number of carbonyl (C=O) groups is 1. The van der Waals surface area contributed by atoms with E-state index in [0.717, 1.165) is 0 Å². The summed E-state index contributed by atoms with van der Waals surface area (Å²) in [4.78, 5) is 12.4. The maximum Gasteiger partial charge on any atom is 0.317 e. The summed E-state index contributed by atoms with van der Waals surface area (Å²) >= 11 is 2.97. The smallest absolute Gasteiger partial charge is 0.317 e. The van der Waals surface area contributed by atoms with Crippen molar-refractivity contribution in [3.63, 3.8) is 0 Å². The van der Waals surface area contributed by atoms with E-state index in [4.69, 9.17) is 10.6 Å². The predicted octanol–water partition coefficient (Wildman–Crippen LogP) is 2.31. The highest BCUT2D eigenvalue weighted by molar-refractivity contribution is 9.10. The Labute approximate surface area is 78.5 Å². The Kier molecular flexibility index (Phi) is 5.49. The second kappa shape index (κ2) is 5.85. The monoisotopic (exact) mass is 235 g/mol. The largest absolute Gasteiger partial charge is 0.480 e. The summed E-state index contributed by atoms with van der Waals surface area (Å²) in [6.45, 7) is 1.85. The Morgan fingerprint density at radius 2 is 2.42 bits per heavy atom. The van der Waals surface area contributed by atoms with Gasteiger partial charge in [-0.3, -0.25) is 4.79 Å². The number of halogens is 1. The van der Waals surface area contributed by atoms with Crippen molar-refractivity contribution in [2.24, 2.45) is 5.11 Å². The first kappa shape index (κ1) is 11.3. The maximum absolute atomic E-state index is 10.4. The average Bonchev–Trinajstić information content (AvgIpc) is 2.03. The number of carboxylic acid groups (broad SMARTS) is 1. The molecule has 0 bridgehead atoms. The van der Waals surface area contributed by atoms with Gasteiger partial charge in [0.05, 0.1) is 0 Å². The molecule has 0 saturated carbocycles.